The number of benzene rings is 2. The zero-order chi connectivity index (χ0) is 23.7. The lowest BCUT2D eigenvalue weighted by molar-refractivity contribution is 0.0697. The topological polar surface area (TPSA) is 87.8 Å². The number of hydrogen-bond acceptors (Lipinski definition) is 5. The summed E-state index contributed by atoms with van der Waals surface area (Å²) in [5, 5.41) is 13.1. The Kier molecular flexibility index (Phi) is 5.73. The smallest absolute Gasteiger partial charge is 0.335 e. The van der Waals surface area contributed by atoms with Gasteiger partial charge in [0.15, 0.2) is 5.11 Å². The van der Waals surface area contributed by atoms with Gasteiger partial charge in [0.05, 0.1) is 24.4 Å². The van der Waals surface area contributed by atoms with Gasteiger partial charge < -0.3 is 24.5 Å². The quantitative estimate of drug-likeness (QED) is 0.370. The summed E-state index contributed by atoms with van der Waals surface area (Å²) in [5.41, 5.74) is 2.75. The van der Waals surface area contributed by atoms with Crippen LogP contribution >= 0.6 is 12.2 Å². The van der Waals surface area contributed by atoms with Crippen molar-refractivity contribution in [2.45, 2.75) is 12.1 Å². The number of carbonyl (C=O) groups is 1. The summed E-state index contributed by atoms with van der Waals surface area (Å²) in [6.07, 6.45) is 1.75. The van der Waals surface area contributed by atoms with E-state index in [9.17, 15) is 4.79 Å². The SMILES string of the molecule is COc1ccc(N2C(=S)N[C@@H](c3ccccn3)[C@@H]2c2ccc(-c3ccc(C(=O)O)cc3)o2)cc1. The molecule has 1 aliphatic rings. The van der Waals surface area contributed by atoms with Gasteiger partial charge in [-0.25, -0.2) is 4.79 Å². The van der Waals surface area contributed by atoms with Crippen molar-refractivity contribution in [2.24, 2.45) is 0 Å². The molecule has 4 aromatic rings. The van der Waals surface area contributed by atoms with Gasteiger partial charge in [0.25, 0.3) is 0 Å². The maximum Gasteiger partial charge on any atom is 0.335 e. The van der Waals surface area contributed by atoms with Crippen LogP contribution in [0.4, 0.5) is 5.69 Å². The van der Waals surface area contributed by atoms with Gasteiger partial charge in [-0.1, -0.05) is 18.2 Å². The summed E-state index contributed by atoms with van der Waals surface area (Å²) in [6.45, 7) is 0. The van der Waals surface area contributed by atoms with E-state index in [4.69, 9.17) is 26.5 Å². The fourth-order valence-electron chi connectivity index (χ4n) is 4.11. The van der Waals surface area contributed by atoms with Crippen LogP contribution in [-0.4, -0.2) is 28.3 Å². The number of methoxy groups -OCH3 is 1. The molecule has 0 unspecified atom stereocenters. The van der Waals surface area contributed by atoms with Crippen molar-refractivity contribution in [1.29, 1.82) is 0 Å². The van der Waals surface area contributed by atoms with Gasteiger partial charge in [-0.3, -0.25) is 4.98 Å². The number of thiocarbonyl (C=S) groups is 1. The maximum absolute atomic E-state index is 11.2. The Hall–Kier alpha value is -4.17. The number of anilines is 1. The van der Waals surface area contributed by atoms with Crippen molar-refractivity contribution in [3.05, 3.63) is 102 Å². The largest absolute Gasteiger partial charge is 0.497 e. The Balaban J connectivity index is 1.55. The second kappa shape index (κ2) is 8.99. The second-order valence-corrected chi connectivity index (χ2v) is 8.17. The van der Waals surface area contributed by atoms with E-state index in [1.165, 1.54) is 0 Å². The van der Waals surface area contributed by atoms with Crippen LogP contribution in [0.15, 0.2) is 89.5 Å². The van der Waals surface area contributed by atoms with Crippen LogP contribution in [0.2, 0.25) is 0 Å². The van der Waals surface area contributed by atoms with Gasteiger partial charge >= 0.3 is 5.97 Å². The summed E-state index contributed by atoms with van der Waals surface area (Å²) in [4.78, 5) is 17.7. The standard InChI is InChI=1S/C26H21N3O4S/c1-32-19-11-9-18(10-12-19)29-24(23(28-26(29)34)20-4-2-3-15-27-20)22-14-13-21(33-22)16-5-7-17(8-6-16)25(30)31/h2-15,23-24H,1H3,(H,28,34)(H,30,31)/t23-,24-/m0/s1. The first kappa shape index (κ1) is 21.7. The highest BCUT2D eigenvalue weighted by molar-refractivity contribution is 7.80. The van der Waals surface area contributed by atoms with Crippen LogP contribution in [0.1, 0.15) is 33.9 Å². The molecule has 2 atom stereocenters. The molecule has 0 radical (unpaired) electrons. The van der Waals surface area contributed by atoms with E-state index in [1.54, 1.807) is 37.6 Å². The molecule has 34 heavy (non-hydrogen) atoms. The first-order valence-electron chi connectivity index (χ1n) is 10.6. The Labute approximate surface area is 201 Å². The van der Waals surface area contributed by atoms with Gasteiger partial charge in [0.1, 0.15) is 23.3 Å². The average molecular weight is 472 g/mol. The van der Waals surface area contributed by atoms with Crippen molar-refractivity contribution in [3.63, 3.8) is 0 Å². The molecule has 0 saturated carbocycles. The van der Waals surface area contributed by atoms with E-state index < -0.39 is 5.97 Å². The Morgan fingerprint density at radius 2 is 1.82 bits per heavy atom. The zero-order valence-corrected chi connectivity index (χ0v) is 19.0. The fraction of sp³-hybridized carbons (Fsp3) is 0.115. The molecular formula is C26H21N3O4S. The molecule has 5 rings (SSSR count). The number of aromatic nitrogens is 1. The molecule has 0 bridgehead atoms. The highest BCUT2D eigenvalue weighted by atomic mass is 32.1. The predicted octanol–water partition coefficient (Wildman–Crippen LogP) is 5.23. The third-order valence-corrected chi connectivity index (χ3v) is 6.10. The molecule has 0 spiro atoms. The number of nitrogens with one attached hydrogen (secondary N) is 1. The molecule has 0 amide bonds. The first-order chi connectivity index (χ1) is 16.5. The zero-order valence-electron chi connectivity index (χ0n) is 18.2. The summed E-state index contributed by atoms with van der Waals surface area (Å²) in [6, 6.07) is 23.3. The minimum Gasteiger partial charge on any atom is -0.497 e. The van der Waals surface area contributed by atoms with Crippen molar-refractivity contribution in [1.82, 2.24) is 10.3 Å². The number of nitrogens with zero attached hydrogens (tertiary/aromatic N) is 2. The number of rotatable bonds is 6. The molecule has 1 saturated heterocycles. The predicted molar refractivity (Wildman–Crippen MR) is 132 cm³/mol. The molecule has 3 heterocycles. The summed E-state index contributed by atoms with van der Waals surface area (Å²) in [5.74, 6) is 1.13. The number of furan rings is 1. The van der Waals surface area contributed by atoms with E-state index in [-0.39, 0.29) is 17.6 Å². The van der Waals surface area contributed by atoms with E-state index in [1.807, 2.05) is 59.5 Å². The van der Waals surface area contributed by atoms with Crippen molar-refractivity contribution < 1.29 is 19.1 Å². The number of hydrogen-bond donors (Lipinski definition) is 2. The van der Waals surface area contributed by atoms with E-state index >= 15 is 0 Å². The summed E-state index contributed by atoms with van der Waals surface area (Å²) in [7, 11) is 1.63. The normalized spacial score (nSPS) is 17.4. The highest BCUT2D eigenvalue weighted by Crippen LogP contribution is 2.43. The minimum absolute atomic E-state index is 0.224. The number of carboxylic acids is 1. The summed E-state index contributed by atoms with van der Waals surface area (Å²) >= 11 is 5.74. The van der Waals surface area contributed by atoms with Crippen LogP contribution < -0.4 is 15.0 Å². The van der Waals surface area contributed by atoms with Crippen LogP contribution in [0, 0.1) is 0 Å². The molecule has 170 valence electrons. The average Bonchev–Trinajstić information content (AvgIpc) is 3.49. The molecule has 0 aliphatic carbocycles. The van der Waals surface area contributed by atoms with E-state index in [0.717, 1.165) is 22.7 Å². The van der Waals surface area contributed by atoms with Gasteiger partial charge in [-0.2, -0.15) is 0 Å². The lowest BCUT2D eigenvalue weighted by atomic mass is 10.0. The fourth-order valence-corrected chi connectivity index (χ4v) is 4.45. The van der Waals surface area contributed by atoms with Gasteiger partial charge in [-0.15, -0.1) is 0 Å². The Bertz CT molecular complexity index is 1320. The molecule has 8 heteroatoms. The number of pyridine rings is 1. The molecule has 1 fully saturated rings. The van der Waals surface area contributed by atoms with Crippen LogP contribution in [0.25, 0.3) is 11.3 Å². The van der Waals surface area contributed by atoms with Crippen molar-refractivity contribution in [3.8, 4) is 17.1 Å². The molecule has 2 aromatic heterocycles. The van der Waals surface area contributed by atoms with E-state index in [2.05, 4.69) is 10.3 Å². The summed E-state index contributed by atoms with van der Waals surface area (Å²) < 4.78 is 11.6. The molecule has 1 aliphatic heterocycles. The van der Waals surface area contributed by atoms with Crippen LogP contribution in [-0.2, 0) is 0 Å². The van der Waals surface area contributed by atoms with Crippen molar-refractivity contribution >= 4 is 29.0 Å². The van der Waals surface area contributed by atoms with Crippen molar-refractivity contribution in [2.75, 3.05) is 12.0 Å². The lowest BCUT2D eigenvalue weighted by Gasteiger charge is -2.26. The highest BCUT2D eigenvalue weighted by Gasteiger charge is 2.42. The number of carboxylic acid groups (broad SMARTS) is 1. The van der Waals surface area contributed by atoms with Gasteiger partial charge in [-0.05, 0) is 72.9 Å². The van der Waals surface area contributed by atoms with E-state index in [0.29, 0.717) is 16.6 Å². The van der Waals surface area contributed by atoms with Crippen LogP contribution in [0.5, 0.6) is 5.75 Å². The third-order valence-electron chi connectivity index (χ3n) is 5.78. The van der Waals surface area contributed by atoms with Crippen LogP contribution in [0.3, 0.4) is 0 Å². The second-order valence-electron chi connectivity index (χ2n) is 7.78. The third kappa shape index (κ3) is 3.99. The molecule has 2 aromatic carbocycles. The number of aromatic carboxylic acids is 1. The number of ether oxygens (including phenoxy) is 1. The Morgan fingerprint density at radius 3 is 2.47 bits per heavy atom. The lowest BCUT2D eigenvalue weighted by Crippen LogP contribution is -2.29. The molecule has 2 N–H and O–H groups in total. The Morgan fingerprint density at radius 1 is 1.06 bits per heavy atom. The minimum atomic E-state index is -0.967. The molecular weight excluding hydrogens is 450 g/mol. The monoisotopic (exact) mass is 471 g/mol. The van der Waals surface area contributed by atoms with Gasteiger partial charge in [0, 0.05) is 17.4 Å². The first-order valence-corrected chi connectivity index (χ1v) is 11.0. The maximum atomic E-state index is 11.2. The van der Waals surface area contributed by atoms with Gasteiger partial charge in [0.2, 0.25) is 0 Å². The molecule has 7 nitrogen and oxygen atoms in total.